The number of carbonyl (C=O) groups excluding carboxylic acids is 2. The van der Waals surface area contributed by atoms with Gasteiger partial charge in [-0.25, -0.2) is 4.39 Å². The molecule has 3 aromatic rings. The number of aryl methyl sites for hydroxylation is 1. The topological polar surface area (TPSA) is 77.1 Å². The van der Waals surface area contributed by atoms with Gasteiger partial charge in [0.05, 0.1) is 11.3 Å². The smallest absolute Gasteiger partial charge is 0.253 e. The zero-order valence-corrected chi connectivity index (χ0v) is 15.1. The van der Waals surface area contributed by atoms with Gasteiger partial charge >= 0.3 is 0 Å². The molecule has 0 unspecified atom stereocenters. The summed E-state index contributed by atoms with van der Waals surface area (Å²) < 4.78 is 15.9. The van der Waals surface area contributed by atoms with E-state index in [2.05, 4.69) is 5.32 Å². The molecule has 0 atom stereocenters. The first kappa shape index (κ1) is 18.4. The van der Waals surface area contributed by atoms with Crippen molar-refractivity contribution in [3.05, 3.63) is 88.5 Å². The Hall–Kier alpha value is -3.41. The highest BCUT2D eigenvalue weighted by molar-refractivity contribution is 5.96. The number of para-hydroxylation sites is 1. The van der Waals surface area contributed by atoms with E-state index in [-0.39, 0.29) is 18.3 Å². The fourth-order valence-corrected chi connectivity index (χ4v) is 3.11. The first-order valence-corrected chi connectivity index (χ1v) is 8.49. The lowest BCUT2D eigenvalue weighted by Crippen LogP contribution is -2.23. The zero-order chi connectivity index (χ0) is 19.6. The van der Waals surface area contributed by atoms with Crippen molar-refractivity contribution in [2.45, 2.75) is 20.4 Å². The number of hydrogen-bond donors (Lipinski definition) is 2. The minimum Gasteiger partial charge on any atom is -0.366 e. The van der Waals surface area contributed by atoms with Crippen molar-refractivity contribution in [2.24, 2.45) is 5.73 Å². The Labute approximate surface area is 156 Å². The molecule has 0 aliphatic heterocycles. The van der Waals surface area contributed by atoms with E-state index < -0.39 is 5.91 Å². The largest absolute Gasteiger partial charge is 0.366 e. The molecule has 3 rings (SSSR count). The Bertz CT molecular complexity index is 1020. The molecule has 0 aliphatic carbocycles. The van der Waals surface area contributed by atoms with Gasteiger partial charge in [0.2, 0.25) is 5.91 Å². The van der Waals surface area contributed by atoms with Gasteiger partial charge in [-0.2, -0.15) is 0 Å². The lowest BCUT2D eigenvalue weighted by molar-refractivity contribution is 0.0949. The summed E-state index contributed by atoms with van der Waals surface area (Å²) in [6, 6.07) is 15.0. The number of nitrogens with two attached hydrogens (primary N) is 1. The lowest BCUT2D eigenvalue weighted by atomic mass is 10.1. The Kier molecular flexibility index (Phi) is 5.07. The van der Waals surface area contributed by atoms with E-state index >= 15 is 0 Å². The third-order valence-corrected chi connectivity index (χ3v) is 4.43. The number of aromatic nitrogens is 1. The molecule has 0 saturated carbocycles. The van der Waals surface area contributed by atoms with Gasteiger partial charge in [0.1, 0.15) is 5.82 Å². The summed E-state index contributed by atoms with van der Waals surface area (Å²) in [6.07, 6.45) is 0. The predicted octanol–water partition coefficient (Wildman–Crippen LogP) is 3.26. The van der Waals surface area contributed by atoms with Gasteiger partial charge in [0.15, 0.2) is 0 Å². The lowest BCUT2D eigenvalue weighted by Gasteiger charge is -2.11. The molecule has 138 valence electrons. The third kappa shape index (κ3) is 3.74. The Balaban J connectivity index is 1.82. The van der Waals surface area contributed by atoms with Gasteiger partial charge in [-0.3, -0.25) is 9.59 Å². The highest BCUT2D eigenvalue weighted by Gasteiger charge is 2.18. The molecule has 0 spiro atoms. The summed E-state index contributed by atoms with van der Waals surface area (Å²) in [7, 11) is 0. The van der Waals surface area contributed by atoms with E-state index in [4.69, 9.17) is 5.73 Å². The number of halogens is 1. The van der Waals surface area contributed by atoms with Gasteiger partial charge in [-0.1, -0.05) is 24.3 Å². The van der Waals surface area contributed by atoms with E-state index in [0.717, 1.165) is 11.3 Å². The quantitative estimate of drug-likeness (QED) is 0.728. The number of primary amides is 1. The van der Waals surface area contributed by atoms with Crippen LogP contribution >= 0.6 is 0 Å². The van der Waals surface area contributed by atoms with Crippen LogP contribution in [0.2, 0.25) is 0 Å². The number of carbonyl (C=O) groups is 2. The monoisotopic (exact) mass is 365 g/mol. The second kappa shape index (κ2) is 7.45. The average Bonchev–Trinajstić information content (AvgIpc) is 2.95. The molecule has 2 amide bonds. The van der Waals surface area contributed by atoms with Crippen molar-refractivity contribution < 1.29 is 14.0 Å². The molecule has 0 radical (unpaired) electrons. The van der Waals surface area contributed by atoms with Crippen molar-refractivity contribution in [1.82, 2.24) is 9.88 Å². The van der Waals surface area contributed by atoms with Gasteiger partial charge < -0.3 is 15.6 Å². The molecule has 5 nitrogen and oxygen atoms in total. The Morgan fingerprint density at radius 2 is 1.81 bits per heavy atom. The molecule has 27 heavy (non-hydrogen) atoms. The highest BCUT2D eigenvalue weighted by atomic mass is 19.1. The van der Waals surface area contributed by atoms with Crippen LogP contribution in [0.3, 0.4) is 0 Å². The van der Waals surface area contributed by atoms with E-state index in [1.165, 1.54) is 6.07 Å². The summed E-state index contributed by atoms with van der Waals surface area (Å²) in [5, 5.41) is 2.83. The average molecular weight is 365 g/mol. The van der Waals surface area contributed by atoms with Crippen LogP contribution in [0.25, 0.3) is 5.69 Å². The van der Waals surface area contributed by atoms with E-state index in [9.17, 15) is 14.0 Å². The van der Waals surface area contributed by atoms with Gasteiger partial charge in [-0.05, 0) is 49.7 Å². The van der Waals surface area contributed by atoms with E-state index in [1.54, 1.807) is 60.0 Å². The third-order valence-electron chi connectivity index (χ3n) is 4.43. The molecule has 6 heteroatoms. The number of amides is 2. The number of nitrogens with zero attached hydrogens (tertiary/aromatic N) is 1. The maximum Gasteiger partial charge on any atom is 0.253 e. The molecule has 0 aliphatic rings. The van der Waals surface area contributed by atoms with Crippen molar-refractivity contribution in [3.63, 3.8) is 0 Å². The second-order valence-corrected chi connectivity index (χ2v) is 6.32. The fourth-order valence-electron chi connectivity index (χ4n) is 3.11. The van der Waals surface area contributed by atoms with Crippen molar-refractivity contribution >= 4 is 11.8 Å². The maximum absolute atomic E-state index is 14.2. The molecule has 1 heterocycles. The van der Waals surface area contributed by atoms with Gasteiger partial charge in [0, 0.05) is 23.5 Å². The van der Waals surface area contributed by atoms with Crippen LogP contribution < -0.4 is 11.1 Å². The van der Waals surface area contributed by atoms with Crippen molar-refractivity contribution in [3.8, 4) is 5.69 Å². The number of nitrogens with one attached hydrogen (secondary N) is 1. The number of hydrogen-bond acceptors (Lipinski definition) is 2. The first-order chi connectivity index (χ1) is 12.9. The summed E-state index contributed by atoms with van der Waals surface area (Å²) in [5.74, 6) is -1.14. The highest BCUT2D eigenvalue weighted by Crippen LogP contribution is 2.22. The maximum atomic E-state index is 14.2. The standard InChI is InChI=1S/C21H20FN3O2/c1-13-10-17(14(2)25(13)19-9-4-3-8-18(19)22)21(27)24-12-15-6-5-7-16(11-15)20(23)26/h3-11H,12H2,1-2H3,(H2,23,26)(H,24,27). The van der Waals surface area contributed by atoms with E-state index in [1.807, 2.05) is 6.92 Å². The fraction of sp³-hybridized carbons (Fsp3) is 0.143. The Morgan fingerprint density at radius 3 is 2.52 bits per heavy atom. The van der Waals surface area contributed by atoms with Crippen LogP contribution in [0.4, 0.5) is 4.39 Å². The van der Waals surface area contributed by atoms with Crippen LogP contribution in [0, 0.1) is 19.7 Å². The molecule has 0 fully saturated rings. The summed E-state index contributed by atoms with van der Waals surface area (Å²) >= 11 is 0. The van der Waals surface area contributed by atoms with Gasteiger partial charge in [0.25, 0.3) is 5.91 Å². The molecule has 3 N–H and O–H groups in total. The SMILES string of the molecule is Cc1cc(C(=O)NCc2cccc(C(N)=O)c2)c(C)n1-c1ccccc1F. The summed E-state index contributed by atoms with van der Waals surface area (Å²) in [6.45, 7) is 3.86. The predicted molar refractivity (Wildman–Crippen MR) is 101 cm³/mol. The van der Waals surface area contributed by atoms with Crippen LogP contribution in [-0.4, -0.2) is 16.4 Å². The van der Waals surface area contributed by atoms with Crippen LogP contribution in [0.15, 0.2) is 54.6 Å². The van der Waals surface area contributed by atoms with Crippen LogP contribution in [-0.2, 0) is 6.54 Å². The first-order valence-electron chi connectivity index (χ1n) is 8.49. The minimum absolute atomic E-state index is 0.253. The Morgan fingerprint density at radius 1 is 1.07 bits per heavy atom. The minimum atomic E-state index is -0.517. The van der Waals surface area contributed by atoms with E-state index in [0.29, 0.717) is 22.5 Å². The molecule has 1 aromatic heterocycles. The molecular formula is C21H20FN3O2. The van der Waals surface area contributed by atoms with Crippen LogP contribution in [0.1, 0.15) is 37.7 Å². The second-order valence-electron chi connectivity index (χ2n) is 6.32. The number of benzene rings is 2. The zero-order valence-electron chi connectivity index (χ0n) is 15.1. The number of rotatable bonds is 5. The normalized spacial score (nSPS) is 10.6. The van der Waals surface area contributed by atoms with Crippen molar-refractivity contribution in [2.75, 3.05) is 0 Å². The molecule has 2 aromatic carbocycles. The summed E-state index contributed by atoms with van der Waals surface area (Å²) in [5.41, 5.74) is 8.72. The molecular weight excluding hydrogens is 345 g/mol. The van der Waals surface area contributed by atoms with Crippen LogP contribution in [0.5, 0.6) is 0 Å². The summed E-state index contributed by atoms with van der Waals surface area (Å²) in [4.78, 5) is 23.9. The molecule has 0 bridgehead atoms. The molecule has 0 saturated heterocycles. The van der Waals surface area contributed by atoms with Crippen molar-refractivity contribution in [1.29, 1.82) is 0 Å². The van der Waals surface area contributed by atoms with Gasteiger partial charge in [-0.15, -0.1) is 0 Å².